The summed E-state index contributed by atoms with van der Waals surface area (Å²) in [5.41, 5.74) is 2.28. The predicted molar refractivity (Wildman–Crippen MR) is 51.8 cm³/mol. The molecule has 1 unspecified atom stereocenters. The average molecular weight is 185 g/mol. The lowest BCUT2D eigenvalue weighted by molar-refractivity contribution is -0.127. The van der Waals surface area contributed by atoms with E-state index in [1.54, 1.807) is 0 Å². The van der Waals surface area contributed by atoms with Gasteiger partial charge in [0.15, 0.2) is 0 Å². The van der Waals surface area contributed by atoms with Crippen molar-refractivity contribution in [2.24, 2.45) is 5.84 Å². The van der Waals surface area contributed by atoms with Crippen LogP contribution in [0.2, 0.25) is 0 Å². The number of nitrogens with one attached hydrogen (secondary N) is 1. The second kappa shape index (κ2) is 3.64. The minimum Gasteiger partial charge on any atom is -0.293 e. The zero-order valence-electron chi connectivity index (χ0n) is 8.63. The Labute approximate surface area is 79.4 Å². The third-order valence-electron chi connectivity index (χ3n) is 2.56. The fourth-order valence-corrected chi connectivity index (χ4v) is 1.94. The van der Waals surface area contributed by atoms with Crippen molar-refractivity contribution < 1.29 is 4.79 Å². The minimum atomic E-state index is -0.0626. The van der Waals surface area contributed by atoms with Gasteiger partial charge in [-0.05, 0) is 40.2 Å². The lowest BCUT2D eigenvalue weighted by Crippen LogP contribution is -2.52. The van der Waals surface area contributed by atoms with Crippen LogP contribution in [0.5, 0.6) is 0 Å². The van der Waals surface area contributed by atoms with Gasteiger partial charge in [-0.2, -0.15) is 0 Å². The van der Waals surface area contributed by atoms with Crippen molar-refractivity contribution in [3.63, 3.8) is 0 Å². The van der Waals surface area contributed by atoms with Gasteiger partial charge in [0.2, 0.25) is 0 Å². The lowest BCUT2D eigenvalue weighted by Gasteiger charge is -2.35. The predicted octanol–water partition coefficient (Wildman–Crippen LogP) is 0.239. The molecule has 0 bridgehead atoms. The molecule has 4 nitrogen and oxygen atoms in total. The number of nitrogens with two attached hydrogens (primary N) is 1. The van der Waals surface area contributed by atoms with Gasteiger partial charge < -0.3 is 0 Å². The molecule has 0 aromatic carbocycles. The van der Waals surface area contributed by atoms with E-state index in [4.69, 9.17) is 5.84 Å². The van der Waals surface area contributed by atoms with E-state index in [1.807, 2.05) is 0 Å². The first-order chi connectivity index (χ1) is 5.96. The van der Waals surface area contributed by atoms with Crippen LogP contribution in [0.1, 0.15) is 33.6 Å². The summed E-state index contributed by atoms with van der Waals surface area (Å²) in [5, 5.41) is 0. The second-order valence-electron chi connectivity index (χ2n) is 4.53. The van der Waals surface area contributed by atoms with Gasteiger partial charge in [-0.1, -0.05) is 0 Å². The van der Waals surface area contributed by atoms with Crippen molar-refractivity contribution in [2.45, 2.75) is 45.2 Å². The first kappa shape index (κ1) is 10.5. The van der Waals surface area contributed by atoms with E-state index in [0.717, 1.165) is 19.4 Å². The van der Waals surface area contributed by atoms with E-state index in [-0.39, 0.29) is 17.5 Å². The van der Waals surface area contributed by atoms with Gasteiger partial charge in [-0.25, -0.2) is 5.84 Å². The highest BCUT2D eigenvalue weighted by Crippen LogP contribution is 2.26. The molecule has 13 heavy (non-hydrogen) atoms. The number of hydrogen-bond acceptors (Lipinski definition) is 3. The summed E-state index contributed by atoms with van der Waals surface area (Å²) >= 11 is 0. The summed E-state index contributed by atoms with van der Waals surface area (Å²) in [5.74, 6) is 5.07. The highest BCUT2D eigenvalue weighted by atomic mass is 16.2. The number of hydrogen-bond donors (Lipinski definition) is 2. The Morgan fingerprint density at radius 3 is 2.62 bits per heavy atom. The van der Waals surface area contributed by atoms with Crippen LogP contribution in [-0.2, 0) is 4.79 Å². The van der Waals surface area contributed by atoms with Crippen LogP contribution in [0.4, 0.5) is 0 Å². The third-order valence-corrected chi connectivity index (χ3v) is 2.56. The van der Waals surface area contributed by atoms with Crippen molar-refractivity contribution in [2.75, 3.05) is 6.54 Å². The number of rotatable bonds is 1. The standard InChI is InChI=1S/C9H19N3O/c1-9(2,3)12-6-4-5-7(12)8(13)11-10/h7H,4-6,10H2,1-3H3,(H,11,13). The van der Waals surface area contributed by atoms with Gasteiger partial charge >= 0.3 is 0 Å². The number of nitrogens with zero attached hydrogens (tertiary/aromatic N) is 1. The average Bonchev–Trinajstić information content (AvgIpc) is 2.49. The molecule has 1 aliphatic rings. The summed E-state index contributed by atoms with van der Waals surface area (Å²) < 4.78 is 0. The lowest BCUT2D eigenvalue weighted by atomic mass is 10.0. The Morgan fingerprint density at radius 2 is 2.15 bits per heavy atom. The minimum absolute atomic E-state index is 0.0370. The van der Waals surface area contributed by atoms with Crippen molar-refractivity contribution in [1.82, 2.24) is 10.3 Å². The smallest absolute Gasteiger partial charge is 0.251 e. The van der Waals surface area contributed by atoms with Crippen molar-refractivity contribution in [1.29, 1.82) is 0 Å². The van der Waals surface area contributed by atoms with E-state index < -0.39 is 0 Å². The monoisotopic (exact) mass is 185 g/mol. The Kier molecular flexibility index (Phi) is 2.93. The fourth-order valence-electron chi connectivity index (χ4n) is 1.94. The second-order valence-corrected chi connectivity index (χ2v) is 4.53. The highest BCUT2D eigenvalue weighted by Gasteiger charge is 2.36. The topological polar surface area (TPSA) is 58.4 Å². The van der Waals surface area contributed by atoms with E-state index in [0.29, 0.717) is 0 Å². The normalized spacial score (nSPS) is 24.8. The summed E-state index contributed by atoms with van der Waals surface area (Å²) in [4.78, 5) is 13.6. The SMILES string of the molecule is CC(C)(C)N1CCCC1C(=O)NN. The Bertz CT molecular complexity index is 198. The Morgan fingerprint density at radius 1 is 1.54 bits per heavy atom. The van der Waals surface area contributed by atoms with Crippen molar-refractivity contribution >= 4 is 5.91 Å². The maximum absolute atomic E-state index is 11.4. The molecule has 1 rings (SSSR count). The molecule has 1 atom stereocenters. The van der Waals surface area contributed by atoms with Crippen LogP contribution < -0.4 is 11.3 Å². The molecule has 1 amide bonds. The third kappa shape index (κ3) is 2.19. The quantitative estimate of drug-likeness (QED) is 0.349. The molecular formula is C9H19N3O. The van der Waals surface area contributed by atoms with E-state index in [9.17, 15) is 4.79 Å². The van der Waals surface area contributed by atoms with Gasteiger partial charge in [0.05, 0.1) is 6.04 Å². The molecule has 0 aliphatic carbocycles. The van der Waals surface area contributed by atoms with Crippen LogP contribution in [-0.4, -0.2) is 28.9 Å². The van der Waals surface area contributed by atoms with E-state index in [2.05, 4.69) is 31.1 Å². The number of amides is 1. The molecule has 0 saturated carbocycles. The van der Waals surface area contributed by atoms with Crippen LogP contribution in [0.15, 0.2) is 0 Å². The molecule has 1 heterocycles. The van der Waals surface area contributed by atoms with Crippen LogP contribution in [0.3, 0.4) is 0 Å². The maximum atomic E-state index is 11.4. The molecular weight excluding hydrogens is 166 g/mol. The van der Waals surface area contributed by atoms with Crippen molar-refractivity contribution in [3.05, 3.63) is 0 Å². The fraction of sp³-hybridized carbons (Fsp3) is 0.889. The van der Waals surface area contributed by atoms with Gasteiger partial charge in [0, 0.05) is 5.54 Å². The zero-order chi connectivity index (χ0) is 10.1. The van der Waals surface area contributed by atoms with Gasteiger partial charge in [0.1, 0.15) is 0 Å². The summed E-state index contributed by atoms with van der Waals surface area (Å²) in [6, 6.07) is -0.0370. The maximum Gasteiger partial charge on any atom is 0.251 e. The molecule has 1 saturated heterocycles. The number of carbonyl (C=O) groups excluding carboxylic acids is 1. The number of carbonyl (C=O) groups is 1. The van der Waals surface area contributed by atoms with Crippen molar-refractivity contribution in [3.8, 4) is 0 Å². The number of likely N-dealkylation sites (tertiary alicyclic amines) is 1. The van der Waals surface area contributed by atoms with Crippen LogP contribution in [0, 0.1) is 0 Å². The van der Waals surface area contributed by atoms with Gasteiger partial charge in [-0.3, -0.25) is 15.1 Å². The molecule has 0 aromatic rings. The summed E-state index contributed by atoms with van der Waals surface area (Å²) in [6.07, 6.45) is 2.00. The summed E-state index contributed by atoms with van der Waals surface area (Å²) in [6.45, 7) is 7.35. The molecule has 4 heteroatoms. The molecule has 76 valence electrons. The first-order valence-electron chi connectivity index (χ1n) is 4.74. The van der Waals surface area contributed by atoms with E-state index in [1.165, 1.54) is 0 Å². The number of hydrazine groups is 1. The van der Waals surface area contributed by atoms with Crippen LogP contribution in [0.25, 0.3) is 0 Å². The molecule has 1 fully saturated rings. The molecule has 3 N–H and O–H groups in total. The largest absolute Gasteiger partial charge is 0.293 e. The zero-order valence-corrected chi connectivity index (χ0v) is 8.63. The van der Waals surface area contributed by atoms with Crippen LogP contribution >= 0.6 is 0 Å². The van der Waals surface area contributed by atoms with Gasteiger partial charge in [-0.15, -0.1) is 0 Å². The molecule has 1 aliphatic heterocycles. The highest BCUT2D eigenvalue weighted by molar-refractivity contribution is 5.81. The Hall–Kier alpha value is -0.610. The molecule has 0 spiro atoms. The first-order valence-corrected chi connectivity index (χ1v) is 4.74. The molecule has 0 aromatic heterocycles. The molecule has 0 radical (unpaired) electrons. The van der Waals surface area contributed by atoms with E-state index >= 15 is 0 Å². The summed E-state index contributed by atoms with van der Waals surface area (Å²) in [7, 11) is 0. The Balaban J connectivity index is 2.70. The van der Waals surface area contributed by atoms with Gasteiger partial charge in [0.25, 0.3) is 5.91 Å².